The van der Waals surface area contributed by atoms with Gasteiger partial charge in [0.2, 0.25) is 11.0 Å². The van der Waals surface area contributed by atoms with Gasteiger partial charge in [-0.05, 0) is 6.42 Å². The number of anilines is 1. The Hall–Kier alpha value is -2.23. The van der Waals surface area contributed by atoms with Crippen LogP contribution in [0.1, 0.15) is 18.4 Å². The van der Waals surface area contributed by atoms with E-state index in [-0.39, 0.29) is 6.54 Å². The first-order chi connectivity index (χ1) is 10.0. The lowest BCUT2D eigenvalue weighted by molar-refractivity contribution is -0.142. The fourth-order valence-corrected chi connectivity index (χ4v) is 2.61. The molecule has 0 aliphatic carbocycles. The first kappa shape index (κ1) is 15.2. The Labute approximate surface area is 124 Å². The maximum atomic E-state index is 12.2. The van der Waals surface area contributed by atoms with E-state index in [0.29, 0.717) is 18.1 Å². The SMILES string of the molecule is CCc1nnc(NC(=O)N2CCNC(=O)C2CC(=O)O)s1. The van der Waals surface area contributed by atoms with Crippen LogP contribution in [0.15, 0.2) is 0 Å². The van der Waals surface area contributed by atoms with Gasteiger partial charge in [0.25, 0.3) is 0 Å². The Bertz CT molecular complexity index is 561. The molecule has 114 valence electrons. The molecule has 0 spiro atoms. The first-order valence-corrected chi connectivity index (χ1v) is 7.22. The van der Waals surface area contributed by atoms with Crippen molar-refractivity contribution in [2.75, 3.05) is 18.4 Å². The standard InChI is InChI=1S/C11H15N5O4S/c1-2-7-14-15-10(21-7)13-11(20)16-4-3-12-9(19)6(16)5-8(17)18/h6H,2-5H2,1H3,(H,12,19)(H,17,18)(H,13,15,20). The Morgan fingerprint density at radius 2 is 2.29 bits per heavy atom. The largest absolute Gasteiger partial charge is 0.481 e. The zero-order valence-corrected chi connectivity index (χ0v) is 12.1. The molecule has 1 aromatic rings. The van der Waals surface area contributed by atoms with Crippen LogP contribution in [0, 0.1) is 0 Å². The van der Waals surface area contributed by atoms with E-state index in [1.807, 2.05) is 6.92 Å². The van der Waals surface area contributed by atoms with E-state index >= 15 is 0 Å². The van der Waals surface area contributed by atoms with Gasteiger partial charge in [-0.15, -0.1) is 10.2 Å². The molecular weight excluding hydrogens is 298 g/mol. The number of hydrogen-bond acceptors (Lipinski definition) is 6. The van der Waals surface area contributed by atoms with Gasteiger partial charge in [-0.1, -0.05) is 18.3 Å². The van der Waals surface area contributed by atoms with E-state index < -0.39 is 30.4 Å². The zero-order chi connectivity index (χ0) is 15.4. The highest BCUT2D eigenvalue weighted by Crippen LogP contribution is 2.17. The van der Waals surface area contributed by atoms with E-state index in [9.17, 15) is 14.4 Å². The summed E-state index contributed by atoms with van der Waals surface area (Å²) in [4.78, 5) is 35.9. The molecule has 21 heavy (non-hydrogen) atoms. The quantitative estimate of drug-likeness (QED) is 0.713. The van der Waals surface area contributed by atoms with Crippen molar-refractivity contribution in [2.45, 2.75) is 25.8 Å². The molecule has 1 aliphatic rings. The van der Waals surface area contributed by atoms with Crippen molar-refractivity contribution >= 4 is 34.4 Å². The van der Waals surface area contributed by atoms with E-state index in [2.05, 4.69) is 20.8 Å². The van der Waals surface area contributed by atoms with Crippen molar-refractivity contribution in [2.24, 2.45) is 0 Å². The number of carbonyl (C=O) groups is 3. The molecule has 0 bridgehead atoms. The number of urea groups is 1. The third-order valence-electron chi connectivity index (χ3n) is 2.94. The average molecular weight is 313 g/mol. The number of rotatable bonds is 4. The maximum Gasteiger partial charge on any atom is 0.324 e. The fourth-order valence-electron chi connectivity index (χ4n) is 1.94. The van der Waals surface area contributed by atoms with Crippen molar-refractivity contribution in [1.29, 1.82) is 0 Å². The normalized spacial score (nSPS) is 18.2. The second kappa shape index (κ2) is 6.48. The van der Waals surface area contributed by atoms with Gasteiger partial charge in [0, 0.05) is 13.1 Å². The molecule has 1 atom stereocenters. The number of amides is 3. The van der Waals surface area contributed by atoms with Gasteiger partial charge in [-0.25, -0.2) is 4.79 Å². The number of carboxylic acids is 1. The van der Waals surface area contributed by atoms with Gasteiger partial charge in [0.1, 0.15) is 11.0 Å². The lowest BCUT2D eigenvalue weighted by Gasteiger charge is -2.33. The second-order valence-electron chi connectivity index (χ2n) is 4.38. The van der Waals surface area contributed by atoms with Crippen LogP contribution in [0.4, 0.5) is 9.93 Å². The minimum Gasteiger partial charge on any atom is -0.481 e. The summed E-state index contributed by atoms with van der Waals surface area (Å²) in [6, 6.07) is -1.57. The molecule has 0 saturated carbocycles. The minimum atomic E-state index is -1.14. The molecule has 1 saturated heterocycles. The monoisotopic (exact) mass is 313 g/mol. The Kier molecular flexibility index (Phi) is 4.68. The highest BCUT2D eigenvalue weighted by molar-refractivity contribution is 7.15. The van der Waals surface area contributed by atoms with Crippen LogP contribution in [-0.2, 0) is 16.0 Å². The molecule has 10 heteroatoms. The summed E-state index contributed by atoms with van der Waals surface area (Å²) in [6.45, 7) is 2.46. The summed E-state index contributed by atoms with van der Waals surface area (Å²) in [6.07, 6.45) is 0.275. The van der Waals surface area contributed by atoms with Crippen LogP contribution in [0.5, 0.6) is 0 Å². The lowest BCUT2D eigenvalue weighted by atomic mass is 10.1. The molecule has 1 unspecified atom stereocenters. The van der Waals surface area contributed by atoms with Gasteiger partial charge >= 0.3 is 12.0 Å². The van der Waals surface area contributed by atoms with Crippen molar-refractivity contribution < 1.29 is 19.5 Å². The van der Waals surface area contributed by atoms with Crippen LogP contribution >= 0.6 is 11.3 Å². The number of carbonyl (C=O) groups excluding carboxylic acids is 2. The maximum absolute atomic E-state index is 12.2. The summed E-state index contributed by atoms with van der Waals surface area (Å²) in [7, 11) is 0. The third kappa shape index (κ3) is 3.66. The van der Waals surface area contributed by atoms with E-state index in [1.165, 1.54) is 16.2 Å². The molecule has 2 heterocycles. The molecule has 1 aliphatic heterocycles. The molecule has 3 amide bonds. The lowest BCUT2D eigenvalue weighted by Crippen LogP contribution is -2.58. The smallest absolute Gasteiger partial charge is 0.324 e. The number of piperazine rings is 1. The highest BCUT2D eigenvalue weighted by atomic mass is 32.1. The summed E-state index contributed by atoms with van der Waals surface area (Å²) >= 11 is 1.24. The van der Waals surface area contributed by atoms with Crippen LogP contribution in [0.25, 0.3) is 0 Å². The van der Waals surface area contributed by atoms with Crippen molar-refractivity contribution in [3.8, 4) is 0 Å². The molecule has 3 N–H and O–H groups in total. The molecule has 1 aromatic heterocycles. The fraction of sp³-hybridized carbons (Fsp3) is 0.545. The first-order valence-electron chi connectivity index (χ1n) is 6.40. The highest BCUT2D eigenvalue weighted by Gasteiger charge is 2.35. The van der Waals surface area contributed by atoms with Crippen LogP contribution in [0.2, 0.25) is 0 Å². The van der Waals surface area contributed by atoms with Crippen molar-refractivity contribution in [1.82, 2.24) is 20.4 Å². The van der Waals surface area contributed by atoms with E-state index in [1.54, 1.807) is 0 Å². The summed E-state index contributed by atoms with van der Waals surface area (Å²) < 4.78 is 0. The Morgan fingerprint density at radius 1 is 1.52 bits per heavy atom. The minimum absolute atomic E-state index is 0.245. The molecule has 1 fully saturated rings. The predicted octanol–water partition coefficient (Wildman–Crippen LogP) is -0.0925. The van der Waals surface area contributed by atoms with Crippen LogP contribution in [-0.4, -0.2) is 57.2 Å². The van der Waals surface area contributed by atoms with Gasteiger partial charge in [0.15, 0.2) is 0 Å². The molecule has 0 radical (unpaired) electrons. The summed E-state index contributed by atoms with van der Waals surface area (Å²) in [5.74, 6) is -1.61. The Balaban J connectivity index is 2.07. The average Bonchev–Trinajstić information content (AvgIpc) is 2.88. The summed E-state index contributed by atoms with van der Waals surface area (Å²) in [5.41, 5.74) is 0. The van der Waals surface area contributed by atoms with Crippen LogP contribution in [0.3, 0.4) is 0 Å². The number of nitrogens with zero attached hydrogens (tertiary/aromatic N) is 3. The number of carboxylic acid groups (broad SMARTS) is 1. The molecular formula is C11H15N5O4S. The number of aromatic nitrogens is 2. The van der Waals surface area contributed by atoms with Crippen molar-refractivity contribution in [3.63, 3.8) is 0 Å². The van der Waals surface area contributed by atoms with Gasteiger partial charge in [-0.2, -0.15) is 0 Å². The Morgan fingerprint density at radius 3 is 2.90 bits per heavy atom. The zero-order valence-electron chi connectivity index (χ0n) is 11.3. The number of aryl methyl sites for hydroxylation is 1. The number of hydrogen-bond donors (Lipinski definition) is 3. The number of nitrogens with one attached hydrogen (secondary N) is 2. The second-order valence-corrected chi connectivity index (χ2v) is 5.44. The molecule has 9 nitrogen and oxygen atoms in total. The summed E-state index contributed by atoms with van der Waals surface area (Å²) in [5, 5.41) is 22.8. The molecule has 0 aromatic carbocycles. The third-order valence-corrected chi connectivity index (χ3v) is 3.93. The van der Waals surface area contributed by atoms with Gasteiger partial charge < -0.3 is 15.3 Å². The van der Waals surface area contributed by atoms with E-state index in [0.717, 1.165) is 5.01 Å². The van der Waals surface area contributed by atoms with Gasteiger partial charge in [0.05, 0.1) is 6.42 Å². The predicted molar refractivity (Wildman–Crippen MR) is 74.1 cm³/mol. The molecule has 2 rings (SSSR count). The van der Waals surface area contributed by atoms with Crippen LogP contribution < -0.4 is 10.6 Å². The van der Waals surface area contributed by atoms with Crippen molar-refractivity contribution in [3.05, 3.63) is 5.01 Å². The number of aliphatic carboxylic acids is 1. The topological polar surface area (TPSA) is 125 Å². The van der Waals surface area contributed by atoms with E-state index in [4.69, 9.17) is 5.11 Å². The van der Waals surface area contributed by atoms with Gasteiger partial charge in [-0.3, -0.25) is 14.9 Å².